The van der Waals surface area contributed by atoms with E-state index in [1.807, 2.05) is 0 Å². The van der Waals surface area contributed by atoms with E-state index in [2.05, 4.69) is 9.63 Å². The largest absolute Gasteiger partial charge is 0.497 e. The highest BCUT2D eigenvalue weighted by atomic mass is 32.2. The molecule has 1 atom stereocenters. The number of ether oxygens (including phenoxy) is 1. The summed E-state index contributed by atoms with van der Waals surface area (Å²) < 4.78 is 32.3. The monoisotopic (exact) mass is 313 g/mol. The molecule has 2 rings (SSSR count). The van der Waals surface area contributed by atoms with Crippen LogP contribution in [0.15, 0.2) is 38.8 Å². The number of carboxylic acid groups (broad SMARTS) is 1. The van der Waals surface area contributed by atoms with E-state index in [4.69, 9.17) is 9.84 Å². The van der Waals surface area contributed by atoms with Crippen LogP contribution in [0, 0.1) is 0 Å². The summed E-state index contributed by atoms with van der Waals surface area (Å²) in [5.41, 5.74) is 0. The van der Waals surface area contributed by atoms with Gasteiger partial charge in [-0.25, -0.2) is 4.79 Å². The molecule has 9 heteroatoms. The van der Waals surface area contributed by atoms with Crippen LogP contribution < -0.4 is 4.74 Å². The topological polar surface area (TPSA) is 109 Å². The van der Waals surface area contributed by atoms with Crippen molar-refractivity contribution in [1.29, 1.82) is 0 Å². The normalized spacial score (nSPS) is 19.1. The van der Waals surface area contributed by atoms with E-state index in [9.17, 15) is 13.2 Å². The second-order valence-corrected chi connectivity index (χ2v) is 6.10. The molecule has 1 heterocycles. The first-order valence-corrected chi connectivity index (χ1v) is 7.65. The molecule has 1 N–H and O–H groups in total. The van der Waals surface area contributed by atoms with Crippen LogP contribution in [0.3, 0.4) is 0 Å². The van der Waals surface area contributed by atoms with Gasteiger partial charge in [0.15, 0.2) is 0 Å². The second kappa shape index (κ2) is 6.08. The van der Waals surface area contributed by atoms with Crippen molar-refractivity contribution in [3.05, 3.63) is 24.3 Å². The molecule has 1 aromatic carbocycles. The zero-order chi connectivity index (χ0) is 15.5. The lowest BCUT2D eigenvalue weighted by molar-refractivity contribution is 0.155. The maximum atomic E-state index is 12.0. The highest BCUT2D eigenvalue weighted by Crippen LogP contribution is 2.19. The Balaban J connectivity index is 2.06. The van der Waals surface area contributed by atoms with Gasteiger partial charge in [-0.2, -0.15) is 13.5 Å². The van der Waals surface area contributed by atoms with E-state index in [0.717, 1.165) is 0 Å². The minimum atomic E-state index is -3.87. The molecule has 1 fully saturated rings. The Kier molecular flexibility index (Phi) is 4.41. The van der Waals surface area contributed by atoms with Gasteiger partial charge in [-0.05, 0) is 30.7 Å². The van der Waals surface area contributed by atoms with Gasteiger partial charge in [0, 0.05) is 13.1 Å². The van der Waals surface area contributed by atoms with Crippen molar-refractivity contribution in [2.75, 3.05) is 20.2 Å². The van der Waals surface area contributed by atoms with E-state index in [-0.39, 0.29) is 11.4 Å². The predicted molar refractivity (Wildman–Crippen MR) is 73.0 cm³/mol. The zero-order valence-corrected chi connectivity index (χ0v) is 12.2. The van der Waals surface area contributed by atoms with Gasteiger partial charge in [0.25, 0.3) is 10.0 Å². The second-order valence-electron chi connectivity index (χ2n) is 4.52. The van der Waals surface area contributed by atoms with E-state index in [1.165, 1.54) is 36.3 Å². The van der Waals surface area contributed by atoms with Crippen molar-refractivity contribution in [3.8, 4) is 5.75 Å². The van der Waals surface area contributed by atoms with Crippen molar-refractivity contribution in [2.45, 2.75) is 17.4 Å². The lowest BCUT2D eigenvalue weighted by Crippen LogP contribution is -2.27. The molecule has 0 aromatic heterocycles. The predicted octanol–water partition coefficient (Wildman–Crippen LogP) is 1.59. The van der Waals surface area contributed by atoms with Crippen molar-refractivity contribution in [1.82, 2.24) is 4.90 Å². The SMILES string of the molecule is COc1ccc(S(=O)(=O)/N=N/C2CCN(C(=O)O)C2)cc1. The molecule has 0 radical (unpaired) electrons. The summed E-state index contributed by atoms with van der Waals surface area (Å²) in [5.74, 6) is 0.541. The molecular formula is C12H15N3O5S. The summed E-state index contributed by atoms with van der Waals surface area (Å²) in [4.78, 5) is 12.0. The summed E-state index contributed by atoms with van der Waals surface area (Å²) in [6.45, 7) is 0.499. The van der Waals surface area contributed by atoms with E-state index >= 15 is 0 Å². The van der Waals surface area contributed by atoms with Gasteiger partial charge >= 0.3 is 6.09 Å². The maximum Gasteiger partial charge on any atom is 0.407 e. The summed E-state index contributed by atoms with van der Waals surface area (Å²) in [7, 11) is -2.39. The molecule has 0 saturated carbocycles. The quantitative estimate of drug-likeness (QED) is 0.849. The first-order chi connectivity index (χ1) is 9.92. The highest BCUT2D eigenvalue weighted by Gasteiger charge is 2.26. The van der Waals surface area contributed by atoms with E-state index in [1.54, 1.807) is 0 Å². The van der Waals surface area contributed by atoms with Crippen molar-refractivity contribution < 1.29 is 23.1 Å². The molecule has 8 nitrogen and oxygen atoms in total. The van der Waals surface area contributed by atoms with Crippen LogP contribution in [0.2, 0.25) is 0 Å². The van der Waals surface area contributed by atoms with Gasteiger partial charge in [-0.1, -0.05) is 4.52 Å². The number of sulfonamides is 1. The maximum absolute atomic E-state index is 12.0. The number of nitrogens with zero attached hydrogens (tertiary/aromatic N) is 3. The fraction of sp³-hybridized carbons (Fsp3) is 0.417. The smallest absolute Gasteiger partial charge is 0.407 e. The molecule has 1 amide bonds. The Hall–Kier alpha value is -2.16. The van der Waals surface area contributed by atoms with Gasteiger partial charge in [-0.3, -0.25) is 0 Å². The average Bonchev–Trinajstić information content (AvgIpc) is 2.94. The molecule has 114 valence electrons. The minimum Gasteiger partial charge on any atom is -0.497 e. The fourth-order valence-electron chi connectivity index (χ4n) is 1.93. The van der Waals surface area contributed by atoms with Crippen molar-refractivity contribution >= 4 is 16.1 Å². The minimum absolute atomic E-state index is 0.0140. The van der Waals surface area contributed by atoms with Crippen LogP contribution in [0.1, 0.15) is 6.42 Å². The Labute approximate surface area is 122 Å². The standard InChI is InChI=1S/C12H15N3O5S/c1-20-10-2-4-11(5-3-10)21(18,19)14-13-9-6-7-15(8-9)12(16)17/h2-5,9H,6-8H2,1H3,(H,16,17)/b14-13+. The number of benzene rings is 1. The fourth-order valence-corrected chi connectivity index (χ4v) is 2.77. The molecule has 0 bridgehead atoms. The molecular weight excluding hydrogens is 298 g/mol. The third-order valence-corrected chi connectivity index (χ3v) is 4.29. The molecule has 1 aliphatic heterocycles. The molecule has 1 aromatic rings. The van der Waals surface area contributed by atoms with E-state index < -0.39 is 22.2 Å². The van der Waals surface area contributed by atoms with Gasteiger partial charge in [0.05, 0.1) is 18.0 Å². The van der Waals surface area contributed by atoms with Crippen LogP contribution >= 0.6 is 0 Å². The van der Waals surface area contributed by atoms with Crippen LogP contribution in [0.5, 0.6) is 5.75 Å². The van der Waals surface area contributed by atoms with Gasteiger partial charge in [0.2, 0.25) is 0 Å². The van der Waals surface area contributed by atoms with Crippen molar-refractivity contribution in [2.24, 2.45) is 9.63 Å². The van der Waals surface area contributed by atoms with Crippen LogP contribution in [-0.4, -0.2) is 50.8 Å². The third-order valence-electron chi connectivity index (χ3n) is 3.11. The third kappa shape index (κ3) is 3.69. The Morgan fingerprint density at radius 2 is 2.05 bits per heavy atom. The average molecular weight is 313 g/mol. The number of hydrogen-bond acceptors (Lipinski definition) is 5. The van der Waals surface area contributed by atoms with Gasteiger partial charge < -0.3 is 14.7 Å². The molecule has 0 spiro atoms. The molecule has 1 unspecified atom stereocenters. The molecule has 1 saturated heterocycles. The molecule has 1 aliphatic rings. The Morgan fingerprint density at radius 3 is 2.57 bits per heavy atom. The van der Waals surface area contributed by atoms with Gasteiger partial charge in [0.1, 0.15) is 5.75 Å². The number of rotatable bonds is 4. The molecule has 0 aliphatic carbocycles. The van der Waals surface area contributed by atoms with Gasteiger partial charge in [-0.15, -0.1) is 0 Å². The first-order valence-electron chi connectivity index (χ1n) is 6.21. The number of methoxy groups -OCH3 is 1. The lowest BCUT2D eigenvalue weighted by atomic mass is 10.3. The molecule has 21 heavy (non-hydrogen) atoms. The summed E-state index contributed by atoms with van der Waals surface area (Å²) in [5, 5.41) is 12.6. The first kappa shape index (κ1) is 15.2. The van der Waals surface area contributed by atoms with Crippen molar-refractivity contribution in [3.63, 3.8) is 0 Å². The Morgan fingerprint density at radius 1 is 1.38 bits per heavy atom. The highest BCUT2D eigenvalue weighted by molar-refractivity contribution is 7.90. The van der Waals surface area contributed by atoms with Crippen LogP contribution in [-0.2, 0) is 10.0 Å². The number of likely N-dealkylation sites (tertiary alicyclic amines) is 1. The zero-order valence-electron chi connectivity index (χ0n) is 11.3. The lowest BCUT2D eigenvalue weighted by Gasteiger charge is -2.08. The Bertz CT molecular complexity index is 641. The summed E-state index contributed by atoms with van der Waals surface area (Å²) in [6, 6.07) is 5.37. The summed E-state index contributed by atoms with van der Waals surface area (Å²) in [6.07, 6.45) is -0.570. The number of hydrogen-bond donors (Lipinski definition) is 1. The van der Waals surface area contributed by atoms with Crippen LogP contribution in [0.4, 0.5) is 4.79 Å². The number of amides is 1. The van der Waals surface area contributed by atoms with E-state index in [0.29, 0.717) is 18.7 Å². The summed E-state index contributed by atoms with van der Waals surface area (Å²) >= 11 is 0. The number of carbonyl (C=O) groups is 1. The van der Waals surface area contributed by atoms with Crippen LogP contribution in [0.25, 0.3) is 0 Å².